The first kappa shape index (κ1) is 18.3. The molecular formula is C20H22N2O3S. The van der Waals surface area contributed by atoms with Crippen LogP contribution in [0.5, 0.6) is 0 Å². The van der Waals surface area contributed by atoms with Crippen LogP contribution in [-0.4, -0.2) is 25.2 Å². The zero-order chi connectivity index (χ0) is 18.4. The highest BCUT2D eigenvalue weighted by Gasteiger charge is 2.15. The van der Waals surface area contributed by atoms with Gasteiger partial charge in [-0.2, -0.15) is 5.10 Å². The number of hydrogen-bond donors (Lipinski definition) is 1. The Labute approximate surface area is 157 Å². The second-order valence-electron chi connectivity index (χ2n) is 6.25. The topological polar surface area (TPSA) is 67.8 Å². The van der Waals surface area contributed by atoms with Gasteiger partial charge in [0.25, 0.3) is 5.91 Å². The van der Waals surface area contributed by atoms with Crippen molar-refractivity contribution in [2.24, 2.45) is 5.10 Å². The van der Waals surface area contributed by atoms with E-state index in [2.05, 4.69) is 10.5 Å². The molecule has 0 spiro atoms. The van der Waals surface area contributed by atoms with Gasteiger partial charge in [0, 0.05) is 10.4 Å². The van der Waals surface area contributed by atoms with Crippen LogP contribution in [0, 0.1) is 0 Å². The van der Waals surface area contributed by atoms with Crippen LogP contribution in [0.15, 0.2) is 35.4 Å². The average Bonchev–Trinajstić information content (AvgIpc) is 3.03. The normalized spacial score (nSPS) is 14.3. The molecule has 0 saturated carbocycles. The van der Waals surface area contributed by atoms with Crippen LogP contribution in [-0.2, 0) is 17.6 Å². The summed E-state index contributed by atoms with van der Waals surface area (Å²) < 4.78 is 4.75. The molecule has 0 unspecified atom stereocenters. The molecule has 0 radical (unpaired) electrons. The Morgan fingerprint density at radius 3 is 2.73 bits per heavy atom. The Balaban J connectivity index is 1.69. The van der Waals surface area contributed by atoms with Crippen molar-refractivity contribution in [2.45, 2.75) is 38.5 Å². The Morgan fingerprint density at radius 2 is 1.92 bits per heavy atom. The predicted octanol–water partition coefficient (Wildman–Crippen LogP) is 3.96. The molecule has 0 fully saturated rings. The lowest BCUT2D eigenvalue weighted by molar-refractivity contribution is 0.0600. The SMILES string of the molecule is COC(=O)c1ccccc1/C=N\NC(=O)c1cc2c(s1)CCCCCC2. The van der Waals surface area contributed by atoms with Gasteiger partial charge in [-0.25, -0.2) is 10.2 Å². The van der Waals surface area contributed by atoms with Gasteiger partial charge in [-0.3, -0.25) is 4.79 Å². The Morgan fingerprint density at radius 1 is 1.15 bits per heavy atom. The van der Waals surface area contributed by atoms with E-state index in [9.17, 15) is 9.59 Å². The summed E-state index contributed by atoms with van der Waals surface area (Å²) in [6.07, 6.45) is 8.49. The smallest absolute Gasteiger partial charge is 0.338 e. The molecule has 0 aliphatic heterocycles. The van der Waals surface area contributed by atoms with Crippen molar-refractivity contribution in [3.05, 3.63) is 56.8 Å². The first-order valence-corrected chi connectivity index (χ1v) is 9.63. The molecule has 3 rings (SSSR count). The highest BCUT2D eigenvalue weighted by atomic mass is 32.1. The monoisotopic (exact) mass is 370 g/mol. The predicted molar refractivity (Wildman–Crippen MR) is 103 cm³/mol. The van der Waals surface area contributed by atoms with Gasteiger partial charge in [0.15, 0.2) is 0 Å². The molecule has 2 aromatic rings. The van der Waals surface area contributed by atoms with Gasteiger partial charge < -0.3 is 4.74 Å². The Kier molecular flexibility index (Phi) is 6.17. The van der Waals surface area contributed by atoms with Crippen LogP contribution in [0.3, 0.4) is 0 Å². The van der Waals surface area contributed by atoms with E-state index < -0.39 is 5.97 Å². The van der Waals surface area contributed by atoms with E-state index in [1.807, 2.05) is 6.07 Å². The van der Waals surface area contributed by atoms with Gasteiger partial charge in [0.2, 0.25) is 0 Å². The maximum Gasteiger partial charge on any atom is 0.338 e. The molecule has 0 saturated heterocycles. The number of carbonyl (C=O) groups excluding carboxylic acids is 2. The summed E-state index contributed by atoms with van der Waals surface area (Å²) >= 11 is 1.56. The average molecular weight is 370 g/mol. The minimum atomic E-state index is -0.434. The third kappa shape index (κ3) is 4.38. The van der Waals surface area contributed by atoms with Crippen LogP contribution in [0.1, 0.15) is 61.7 Å². The maximum atomic E-state index is 12.4. The molecule has 26 heavy (non-hydrogen) atoms. The molecular weight excluding hydrogens is 348 g/mol. The van der Waals surface area contributed by atoms with Crippen molar-refractivity contribution in [2.75, 3.05) is 7.11 Å². The maximum absolute atomic E-state index is 12.4. The third-order valence-corrected chi connectivity index (χ3v) is 5.69. The van der Waals surface area contributed by atoms with Crippen LogP contribution in [0.25, 0.3) is 0 Å². The second-order valence-corrected chi connectivity index (χ2v) is 7.39. The lowest BCUT2D eigenvalue weighted by Gasteiger charge is -2.07. The van der Waals surface area contributed by atoms with Gasteiger partial charge >= 0.3 is 5.97 Å². The van der Waals surface area contributed by atoms with E-state index in [4.69, 9.17) is 4.74 Å². The highest BCUT2D eigenvalue weighted by Crippen LogP contribution is 2.28. The summed E-state index contributed by atoms with van der Waals surface area (Å²) in [7, 11) is 1.33. The number of aryl methyl sites for hydroxylation is 2. The van der Waals surface area contributed by atoms with E-state index in [1.54, 1.807) is 35.6 Å². The standard InChI is InChI=1S/C20H22N2O3S/c1-25-20(24)16-10-7-6-9-15(16)13-21-22-19(23)18-12-14-8-4-2-3-5-11-17(14)26-18/h6-7,9-10,12-13H,2-5,8,11H2,1H3,(H,22,23)/b21-13-. The number of amides is 1. The number of esters is 1. The fraction of sp³-hybridized carbons (Fsp3) is 0.350. The third-order valence-electron chi connectivity index (χ3n) is 4.46. The van der Waals surface area contributed by atoms with Crippen LogP contribution in [0.2, 0.25) is 0 Å². The zero-order valence-electron chi connectivity index (χ0n) is 14.8. The second kappa shape index (κ2) is 8.76. The summed E-state index contributed by atoms with van der Waals surface area (Å²) in [4.78, 5) is 26.2. The lowest BCUT2D eigenvalue weighted by Crippen LogP contribution is -2.16. The Bertz CT molecular complexity index is 801. The summed E-state index contributed by atoms with van der Waals surface area (Å²) in [6, 6.07) is 8.96. The van der Waals surface area contributed by atoms with Crippen molar-refractivity contribution >= 4 is 29.4 Å². The van der Waals surface area contributed by atoms with E-state index in [0.717, 1.165) is 12.8 Å². The molecule has 1 amide bonds. The van der Waals surface area contributed by atoms with E-state index in [1.165, 1.54) is 49.4 Å². The quantitative estimate of drug-likeness (QED) is 0.503. The minimum Gasteiger partial charge on any atom is -0.465 e. The summed E-state index contributed by atoms with van der Waals surface area (Å²) in [6.45, 7) is 0. The van der Waals surface area contributed by atoms with E-state index >= 15 is 0 Å². The minimum absolute atomic E-state index is 0.214. The fourth-order valence-corrected chi connectivity index (χ4v) is 4.22. The molecule has 1 aromatic heterocycles. The summed E-state index contributed by atoms with van der Waals surface area (Å²) in [5, 5.41) is 4.01. The number of carbonyl (C=O) groups is 2. The number of rotatable bonds is 4. The molecule has 136 valence electrons. The van der Waals surface area contributed by atoms with Crippen LogP contribution < -0.4 is 5.43 Å². The molecule has 1 aromatic carbocycles. The Hall–Kier alpha value is -2.47. The van der Waals surface area contributed by atoms with Crippen molar-refractivity contribution in [1.29, 1.82) is 0 Å². The largest absolute Gasteiger partial charge is 0.465 e. The van der Waals surface area contributed by atoms with Gasteiger partial charge in [-0.15, -0.1) is 11.3 Å². The van der Waals surface area contributed by atoms with Crippen molar-refractivity contribution in [3.8, 4) is 0 Å². The molecule has 1 aliphatic carbocycles. The van der Waals surface area contributed by atoms with Gasteiger partial charge in [-0.05, 0) is 43.4 Å². The van der Waals surface area contributed by atoms with Crippen LogP contribution >= 0.6 is 11.3 Å². The first-order valence-electron chi connectivity index (χ1n) is 8.81. The number of hydrogen-bond acceptors (Lipinski definition) is 5. The van der Waals surface area contributed by atoms with E-state index in [-0.39, 0.29) is 5.91 Å². The number of benzene rings is 1. The molecule has 1 N–H and O–H groups in total. The lowest BCUT2D eigenvalue weighted by atomic mass is 10.00. The zero-order valence-corrected chi connectivity index (χ0v) is 15.6. The van der Waals surface area contributed by atoms with Crippen molar-refractivity contribution < 1.29 is 14.3 Å². The molecule has 1 aliphatic rings. The molecule has 0 bridgehead atoms. The van der Waals surface area contributed by atoms with Gasteiger partial charge in [-0.1, -0.05) is 31.0 Å². The molecule has 1 heterocycles. The number of methoxy groups -OCH3 is 1. The number of thiophene rings is 1. The van der Waals surface area contributed by atoms with Gasteiger partial charge in [0.1, 0.15) is 0 Å². The van der Waals surface area contributed by atoms with E-state index in [0.29, 0.717) is 16.0 Å². The molecule has 5 nitrogen and oxygen atoms in total. The first-order chi connectivity index (χ1) is 12.7. The molecule has 0 atom stereocenters. The summed E-state index contributed by atoms with van der Waals surface area (Å²) in [5.74, 6) is -0.648. The number of fused-ring (bicyclic) bond motifs is 1. The molecule has 6 heteroatoms. The highest BCUT2D eigenvalue weighted by molar-refractivity contribution is 7.14. The van der Waals surface area contributed by atoms with Crippen LogP contribution in [0.4, 0.5) is 0 Å². The van der Waals surface area contributed by atoms with Gasteiger partial charge in [0.05, 0.1) is 23.8 Å². The number of ether oxygens (including phenoxy) is 1. The fourth-order valence-electron chi connectivity index (χ4n) is 3.08. The number of nitrogens with one attached hydrogen (secondary N) is 1. The summed E-state index contributed by atoms with van der Waals surface area (Å²) in [5.41, 5.74) is 4.87. The number of nitrogens with zero attached hydrogens (tertiary/aromatic N) is 1. The number of hydrazone groups is 1. The van der Waals surface area contributed by atoms with Crippen molar-refractivity contribution in [3.63, 3.8) is 0 Å². The van der Waals surface area contributed by atoms with Crippen molar-refractivity contribution in [1.82, 2.24) is 5.43 Å².